The molecule has 3 rings (SSSR count). The van der Waals surface area contributed by atoms with Crippen molar-refractivity contribution >= 4 is 17.4 Å². The molecule has 2 heterocycles. The Morgan fingerprint density at radius 2 is 2.19 bits per heavy atom. The van der Waals surface area contributed by atoms with E-state index in [0.29, 0.717) is 5.82 Å². The van der Waals surface area contributed by atoms with Gasteiger partial charge in [0.1, 0.15) is 5.69 Å². The fourth-order valence-electron chi connectivity index (χ4n) is 2.66. The molecule has 3 N–H and O–H groups in total. The maximum absolute atomic E-state index is 12.8. The van der Waals surface area contributed by atoms with E-state index in [-0.39, 0.29) is 17.6 Å². The number of amides is 1. The van der Waals surface area contributed by atoms with Gasteiger partial charge in [-0.25, -0.2) is 10.8 Å². The highest BCUT2D eigenvalue weighted by atomic mass is 16.2. The van der Waals surface area contributed by atoms with Gasteiger partial charge in [-0.2, -0.15) is 0 Å². The van der Waals surface area contributed by atoms with Crippen LogP contribution in [0.5, 0.6) is 0 Å². The predicted molar refractivity (Wildman–Crippen MR) is 80.9 cm³/mol. The van der Waals surface area contributed by atoms with Crippen LogP contribution in [0.15, 0.2) is 36.7 Å². The lowest BCUT2D eigenvalue weighted by molar-refractivity contribution is 0.0970. The maximum atomic E-state index is 12.8. The fraction of sp³-hybridized carbons (Fsp3) is 0.267. The first-order valence-electron chi connectivity index (χ1n) is 6.91. The lowest BCUT2D eigenvalue weighted by Gasteiger charge is -2.35. The van der Waals surface area contributed by atoms with Gasteiger partial charge < -0.3 is 10.3 Å². The molecule has 108 valence electrons. The minimum absolute atomic E-state index is 0.128. The highest BCUT2D eigenvalue weighted by Crippen LogP contribution is 2.31. The zero-order valence-electron chi connectivity index (χ0n) is 11.8. The number of anilines is 2. The lowest BCUT2D eigenvalue weighted by Crippen LogP contribution is -2.42. The van der Waals surface area contributed by atoms with Crippen molar-refractivity contribution in [2.75, 3.05) is 10.3 Å². The molecular weight excluding hydrogens is 266 g/mol. The Kier molecular flexibility index (Phi) is 3.53. The van der Waals surface area contributed by atoms with E-state index in [0.717, 1.165) is 18.5 Å². The van der Waals surface area contributed by atoms with Crippen LogP contribution in [0.1, 0.15) is 29.4 Å². The Morgan fingerprint density at radius 3 is 3.00 bits per heavy atom. The monoisotopic (exact) mass is 283 g/mol. The van der Waals surface area contributed by atoms with Crippen molar-refractivity contribution in [3.8, 4) is 0 Å². The molecule has 1 atom stereocenters. The number of rotatable bonds is 2. The second kappa shape index (κ2) is 5.49. The number of aryl methyl sites for hydroxylation is 1. The van der Waals surface area contributed by atoms with Crippen LogP contribution in [0, 0.1) is 0 Å². The zero-order valence-corrected chi connectivity index (χ0v) is 11.8. The number of hydrogen-bond donors (Lipinski definition) is 2. The van der Waals surface area contributed by atoms with E-state index >= 15 is 0 Å². The summed E-state index contributed by atoms with van der Waals surface area (Å²) in [5.41, 5.74) is 4.84. The molecule has 0 bridgehead atoms. The highest BCUT2D eigenvalue weighted by molar-refractivity contribution is 6.05. The molecule has 1 aromatic heterocycles. The summed E-state index contributed by atoms with van der Waals surface area (Å²) in [7, 11) is 0. The maximum Gasteiger partial charge on any atom is 0.278 e. The van der Waals surface area contributed by atoms with Crippen molar-refractivity contribution in [2.45, 2.75) is 25.8 Å². The summed E-state index contributed by atoms with van der Waals surface area (Å²) in [6, 6.07) is 8.10. The van der Waals surface area contributed by atoms with Crippen LogP contribution in [0.3, 0.4) is 0 Å². The summed E-state index contributed by atoms with van der Waals surface area (Å²) in [5, 5.41) is 0. The van der Waals surface area contributed by atoms with Crippen molar-refractivity contribution in [1.82, 2.24) is 9.97 Å². The third-order valence-electron chi connectivity index (χ3n) is 3.74. The van der Waals surface area contributed by atoms with Crippen molar-refractivity contribution in [3.63, 3.8) is 0 Å². The number of nitrogens with one attached hydrogen (secondary N) is 1. The molecule has 1 amide bonds. The lowest BCUT2D eigenvalue weighted by atomic mass is 9.96. The Labute approximate surface area is 123 Å². The number of para-hydroxylation sites is 1. The fourth-order valence-corrected chi connectivity index (χ4v) is 2.66. The standard InChI is InChI=1S/C15H17N5O/c1-10-6-7-11-4-2-3-5-13(11)20(10)15(21)12-8-17-9-14(18-12)19-16/h2-5,8-10H,6-7,16H2,1H3,(H,18,19). The quantitative estimate of drug-likeness (QED) is 0.648. The summed E-state index contributed by atoms with van der Waals surface area (Å²) in [5.74, 6) is 5.54. The van der Waals surface area contributed by atoms with E-state index in [1.165, 1.54) is 18.0 Å². The van der Waals surface area contributed by atoms with Gasteiger partial charge in [0.2, 0.25) is 0 Å². The van der Waals surface area contributed by atoms with Crippen molar-refractivity contribution in [1.29, 1.82) is 0 Å². The van der Waals surface area contributed by atoms with Crippen LogP contribution in [0.4, 0.5) is 11.5 Å². The molecule has 1 aliphatic heterocycles. The molecular formula is C15H17N5O. The molecule has 6 nitrogen and oxygen atoms in total. The number of nitrogens with zero attached hydrogens (tertiary/aromatic N) is 3. The second-order valence-corrected chi connectivity index (χ2v) is 5.13. The topological polar surface area (TPSA) is 84.1 Å². The Balaban J connectivity index is 2.00. The van der Waals surface area contributed by atoms with E-state index in [2.05, 4.69) is 21.5 Å². The summed E-state index contributed by atoms with van der Waals surface area (Å²) in [4.78, 5) is 22.8. The number of carbonyl (C=O) groups excluding carboxylic acids is 1. The van der Waals surface area contributed by atoms with Gasteiger partial charge in [-0.3, -0.25) is 9.78 Å². The molecule has 0 radical (unpaired) electrons. The first kappa shape index (κ1) is 13.5. The van der Waals surface area contributed by atoms with Crippen LogP contribution >= 0.6 is 0 Å². The minimum Gasteiger partial charge on any atom is -0.307 e. The number of hydrogen-bond acceptors (Lipinski definition) is 5. The SMILES string of the molecule is CC1CCc2ccccc2N1C(=O)c1cncc(NN)n1. The van der Waals surface area contributed by atoms with Gasteiger partial charge in [0.05, 0.1) is 12.4 Å². The van der Waals surface area contributed by atoms with Crippen LogP contribution in [-0.2, 0) is 6.42 Å². The number of benzene rings is 1. The third kappa shape index (κ3) is 2.45. The van der Waals surface area contributed by atoms with Crippen molar-refractivity contribution in [2.24, 2.45) is 5.84 Å². The van der Waals surface area contributed by atoms with Gasteiger partial charge in [0.25, 0.3) is 5.91 Å². The van der Waals surface area contributed by atoms with Gasteiger partial charge in [0, 0.05) is 11.7 Å². The number of carbonyl (C=O) groups is 1. The first-order chi connectivity index (χ1) is 10.2. The predicted octanol–water partition coefficient (Wildman–Crippen LogP) is 1.74. The molecule has 1 unspecified atom stereocenters. The van der Waals surface area contributed by atoms with Gasteiger partial charge >= 0.3 is 0 Å². The molecule has 1 aliphatic rings. The normalized spacial score (nSPS) is 17.2. The minimum atomic E-state index is -0.153. The van der Waals surface area contributed by atoms with E-state index < -0.39 is 0 Å². The first-order valence-corrected chi connectivity index (χ1v) is 6.91. The largest absolute Gasteiger partial charge is 0.307 e. The Morgan fingerprint density at radius 1 is 1.38 bits per heavy atom. The zero-order chi connectivity index (χ0) is 14.8. The van der Waals surface area contributed by atoms with Crippen molar-refractivity contribution in [3.05, 3.63) is 47.9 Å². The molecule has 2 aromatic rings. The molecule has 6 heteroatoms. The van der Waals surface area contributed by atoms with Crippen LogP contribution in [0.25, 0.3) is 0 Å². The number of nitrogens with two attached hydrogens (primary N) is 1. The van der Waals surface area contributed by atoms with Gasteiger partial charge in [-0.1, -0.05) is 18.2 Å². The number of aromatic nitrogens is 2. The average Bonchev–Trinajstić information content (AvgIpc) is 2.54. The van der Waals surface area contributed by atoms with Crippen LogP contribution < -0.4 is 16.2 Å². The third-order valence-corrected chi connectivity index (χ3v) is 3.74. The molecule has 1 aromatic carbocycles. The molecule has 0 aliphatic carbocycles. The number of nitrogen functional groups attached to an aromatic ring is 1. The molecule has 21 heavy (non-hydrogen) atoms. The summed E-state index contributed by atoms with van der Waals surface area (Å²) >= 11 is 0. The molecule has 0 saturated heterocycles. The summed E-state index contributed by atoms with van der Waals surface area (Å²) < 4.78 is 0. The summed E-state index contributed by atoms with van der Waals surface area (Å²) in [6.45, 7) is 2.05. The Hall–Kier alpha value is -2.47. The average molecular weight is 283 g/mol. The Bertz CT molecular complexity index is 673. The highest BCUT2D eigenvalue weighted by Gasteiger charge is 2.29. The summed E-state index contributed by atoms with van der Waals surface area (Å²) in [6.07, 6.45) is 4.86. The van der Waals surface area contributed by atoms with E-state index in [4.69, 9.17) is 5.84 Å². The van der Waals surface area contributed by atoms with Gasteiger partial charge in [-0.05, 0) is 31.4 Å². The smallest absolute Gasteiger partial charge is 0.278 e. The van der Waals surface area contributed by atoms with E-state index in [1.807, 2.05) is 25.1 Å². The molecule has 0 fully saturated rings. The molecule has 0 spiro atoms. The van der Waals surface area contributed by atoms with Gasteiger partial charge in [-0.15, -0.1) is 0 Å². The van der Waals surface area contributed by atoms with E-state index in [9.17, 15) is 4.79 Å². The van der Waals surface area contributed by atoms with Crippen molar-refractivity contribution < 1.29 is 4.79 Å². The van der Waals surface area contributed by atoms with Crippen LogP contribution in [-0.4, -0.2) is 21.9 Å². The second-order valence-electron chi connectivity index (χ2n) is 5.13. The van der Waals surface area contributed by atoms with E-state index in [1.54, 1.807) is 4.90 Å². The molecule has 0 saturated carbocycles. The van der Waals surface area contributed by atoms with Crippen LogP contribution in [0.2, 0.25) is 0 Å². The van der Waals surface area contributed by atoms with Gasteiger partial charge in [0.15, 0.2) is 5.82 Å². The number of fused-ring (bicyclic) bond motifs is 1. The number of hydrazine groups is 1.